The summed E-state index contributed by atoms with van der Waals surface area (Å²) >= 11 is 0. The summed E-state index contributed by atoms with van der Waals surface area (Å²) in [5.41, 5.74) is 5.17. The number of rotatable bonds is 16. The van der Waals surface area contributed by atoms with Gasteiger partial charge in [-0.3, -0.25) is 28.8 Å². The van der Waals surface area contributed by atoms with E-state index in [0.29, 0.717) is 0 Å². The first-order valence-electron chi connectivity index (χ1n) is 10.8. The Hall–Kier alpha value is -3.75. The van der Waals surface area contributed by atoms with E-state index in [1.165, 1.54) is 20.8 Å². The van der Waals surface area contributed by atoms with Gasteiger partial charge in [-0.1, -0.05) is 13.8 Å². The van der Waals surface area contributed by atoms with Crippen molar-refractivity contribution in [3.8, 4) is 0 Å². The van der Waals surface area contributed by atoms with Gasteiger partial charge in [0.1, 0.15) is 24.2 Å². The zero-order valence-corrected chi connectivity index (χ0v) is 19.7. The Morgan fingerprint density at radius 2 is 1.11 bits per heavy atom. The fraction of sp³-hybridized carbons (Fsp3) is 0.650. The van der Waals surface area contributed by atoms with Gasteiger partial charge in [0.25, 0.3) is 0 Å². The van der Waals surface area contributed by atoms with Gasteiger partial charge in [0.05, 0.1) is 6.54 Å². The molecule has 15 nitrogen and oxygen atoms in total. The number of carboxylic acid groups (broad SMARTS) is 3. The first kappa shape index (κ1) is 31.2. The number of amides is 4. The van der Waals surface area contributed by atoms with Crippen molar-refractivity contribution >= 4 is 41.5 Å². The highest BCUT2D eigenvalue weighted by atomic mass is 16.4. The van der Waals surface area contributed by atoms with E-state index in [2.05, 4.69) is 21.3 Å². The van der Waals surface area contributed by atoms with Crippen LogP contribution in [0.3, 0.4) is 0 Å². The minimum Gasteiger partial charge on any atom is -0.481 e. The molecule has 0 radical (unpaired) electrons. The topological polar surface area (TPSA) is 254 Å². The molecule has 0 spiro atoms. The highest BCUT2D eigenvalue weighted by molar-refractivity contribution is 5.95. The van der Waals surface area contributed by atoms with E-state index in [9.17, 15) is 38.7 Å². The molecule has 0 saturated carbocycles. The van der Waals surface area contributed by atoms with Crippen LogP contribution >= 0.6 is 0 Å². The highest BCUT2D eigenvalue weighted by Crippen LogP contribution is 2.07. The highest BCUT2D eigenvalue weighted by Gasteiger charge is 2.31. The summed E-state index contributed by atoms with van der Waals surface area (Å²) in [5, 5.41) is 36.2. The quantitative estimate of drug-likeness (QED) is 0.108. The summed E-state index contributed by atoms with van der Waals surface area (Å²) in [6.07, 6.45) is -1.88. The monoisotopic (exact) mass is 503 g/mol. The van der Waals surface area contributed by atoms with E-state index in [4.69, 9.17) is 15.9 Å². The number of hydrogen-bond acceptors (Lipinski definition) is 8. The standard InChI is InChI=1S/C20H33N5O10/c1-9(2)16(20(34)35)25-19(33)12(5-7-15(29)30)24-18(32)11(4-6-14(27)28)23-17(31)10(3)22-13(26)8-21/h9-12,16H,4-8,21H2,1-3H3,(H,22,26)(H,23,31)(H,24,32)(H,25,33)(H,27,28)(H,29,30)(H,34,35)/t10-,11-,12-,16-/m0/s1. The Labute approximate surface area is 201 Å². The van der Waals surface area contributed by atoms with Crippen LogP contribution < -0.4 is 27.0 Å². The summed E-state index contributed by atoms with van der Waals surface area (Å²) in [5.74, 6) is -7.88. The molecule has 0 unspecified atom stereocenters. The number of carboxylic acids is 3. The Bertz CT molecular complexity index is 816. The maximum absolute atomic E-state index is 12.8. The van der Waals surface area contributed by atoms with Crippen molar-refractivity contribution in [3.05, 3.63) is 0 Å². The zero-order valence-electron chi connectivity index (χ0n) is 19.7. The van der Waals surface area contributed by atoms with Gasteiger partial charge in [0.2, 0.25) is 23.6 Å². The molecule has 0 aliphatic rings. The lowest BCUT2D eigenvalue weighted by Gasteiger charge is -2.25. The number of nitrogens with one attached hydrogen (secondary N) is 4. The number of carbonyl (C=O) groups excluding carboxylic acids is 4. The van der Waals surface area contributed by atoms with E-state index in [1.54, 1.807) is 0 Å². The molecule has 4 amide bonds. The second kappa shape index (κ2) is 15.2. The first-order valence-corrected chi connectivity index (χ1v) is 10.8. The predicted molar refractivity (Wildman–Crippen MR) is 119 cm³/mol. The molecule has 198 valence electrons. The molecule has 0 bridgehead atoms. The van der Waals surface area contributed by atoms with Gasteiger partial charge in [0.15, 0.2) is 0 Å². The summed E-state index contributed by atoms with van der Waals surface area (Å²) < 4.78 is 0. The molecule has 0 aromatic rings. The Kier molecular flexibility index (Phi) is 13.6. The van der Waals surface area contributed by atoms with Crippen LogP contribution in [-0.4, -0.2) is 87.6 Å². The van der Waals surface area contributed by atoms with Crippen LogP contribution in [0.25, 0.3) is 0 Å². The van der Waals surface area contributed by atoms with Gasteiger partial charge in [-0.25, -0.2) is 4.79 Å². The van der Waals surface area contributed by atoms with Crippen LogP contribution in [-0.2, 0) is 33.6 Å². The van der Waals surface area contributed by atoms with Crippen molar-refractivity contribution in [3.63, 3.8) is 0 Å². The third-order valence-corrected chi connectivity index (χ3v) is 4.75. The van der Waals surface area contributed by atoms with E-state index in [1.807, 2.05) is 0 Å². The van der Waals surface area contributed by atoms with Crippen LogP contribution in [0.15, 0.2) is 0 Å². The summed E-state index contributed by atoms with van der Waals surface area (Å²) in [4.78, 5) is 82.6. The van der Waals surface area contributed by atoms with Gasteiger partial charge >= 0.3 is 17.9 Å². The second-order valence-electron chi connectivity index (χ2n) is 8.05. The third-order valence-electron chi connectivity index (χ3n) is 4.75. The van der Waals surface area contributed by atoms with Crippen molar-refractivity contribution in [1.29, 1.82) is 0 Å². The van der Waals surface area contributed by atoms with Crippen LogP contribution in [0.2, 0.25) is 0 Å². The lowest BCUT2D eigenvalue weighted by Crippen LogP contribution is -2.58. The van der Waals surface area contributed by atoms with Crippen molar-refractivity contribution in [2.24, 2.45) is 11.7 Å². The van der Waals surface area contributed by atoms with Crippen LogP contribution in [0.5, 0.6) is 0 Å². The molecule has 9 N–H and O–H groups in total. The number of carbonyl (C=O) groups is 7. The molecule has 15 heteroatoms. The summed E-state index contributed by atoms with van der Waals surface area (Å²) in [7, 11) is 0. The van der Waals surface area contributed by atoms with Gasteiger partial charge in [-0.05, 0) is 25.7 Å². The van der Waals surface area contributed by atoms with Crippen LogP contribution in [0.1, 0.15) is 46.5 Å². The van der Waals surface area contributed by atoms with Crippen molar-refractivity contribution in [2.45, 2.75) is 70.6 Å². The van der Waals surface area contributed by atoms with Crippen LogP contribution in [0.4, 0.5) is 0 Å². The molecule has 0 fully saturated rings. The molecule has 0 rings (SSSR count). The number of aliphatic carboxylic acids is 3. The first-order chi connectivity index (χ1) is 16.2. The third kappa shape index (κ3) is 12.3. The smallest absolute Gasteiger partial charge is 0.326 e. The lowest BCUT2D eigenvalue weighted by molar-refractivity contribution is -0.144. The molecule has 0 aliphatic heterocycles. The SMILES string of the molecule is CC(C)[C@H](NC(=O)[C@H](CCC(=O)O)NC(=O)[C@H](CCC(=O)O)NC(=O)[C@H](C)NC(=O)CN)C(=O)O. The van der Waals surface area contributed by atoms with E-state index in [-0.39, 0.29) is 6.42 Å². The van der Waals surface area contributed by atoms with Gasteiger partial charge in [-0.2, -0.15) is 0 Å². The van der Waals surface area contributed by atoms with Crippen LogP contribution in [0, 0.1) is 5.92 Å². The lowest BCUT2D eigenvalue weighted by atomic mass is 10.0. The Morgan fingerprint density at radius 3 is 1.49 bits per heavy atom. The average molecular weight is 504 g/mol. The molecule has 0 aliphatic carbocycles. The van der Waals surface area contributed by atoms with Crippen molar-refractivity contribution in [1.82, 2.24) is 21.3 Å². The maximum atomic E-state index is 12.8. The molecule has 0 heterocycles. The van der Waals surface area contributed by atoms with E-state index >= 15 is 0 Å². The van der Waals surface area contributed by atoms with Gasteiger partial charge in [-0.15, -0.1) is 0 Å². The molecular weight excluding hydrogens is 470 g/mol. The Morgan fingerprint density at radius 1 is 0.686 bits per heavy atom. The zero-order chi connectivity index (χ0) is 27.3. The minimum absolute atomic E-state index is 0.387. The molecule has 4 atom stereocenters. The molecular formula is C20H33N5O10. The minimum atomic E-state index is -1.49. The summed E-state index contributed by atoms with van der Waals surface area (Å²) in [6.45, 7) is 3.97. The average Bonchev–Trinajstić information content (AvgIpc) is 2.75. The van der Waals surface area contributed by atoms with E-state index in [0.717, 1.165) is 0 Å². The fourth-order valence-electron chi connectivity index (χ4n) is 2.78. The Balaban J connectivity index is 5.65. The molecule has 0 aromatic carbocycles. The van der Waals surface area contributed by atoms with Crippen molar-refractivity contribution in [2.75, 3.05) is 6.54 Å². The molecule has 0 aromatic heterocycles. The predicted octanol–water partition coefficient (Wildman–Crippen LogP) is -2.63. The largest absolute Gasteiger partial charge is 0.481 e. The molecule has 0 saturated heterocycles. The number of nitrogens with two attached hydrogens (primary N) is 1. The normalized spacial score (nSPS) is 14.1. The summed E-state index contributed by atoms with van der Waals surface area (Å²) in [6, 6.07) is -5.39. The number of hydrogen-bond donors (Lipinski definition) is 8. The van der Waals surface area contributed by atoms with Gasteiger partial charge < -0.3 is 42.3 Å². The second-order valence-corrected chi connectivity index (χ2v) is 8.05. The van der Waals surface area contributed by atoms with E-state index < -0.39 is 97.4 Å². The fourth-order valence-corrected chi connectivity index (χ4v) is 2.78. The van der Waals surface area contributed by atoms with Crippen molar-refractivity contribution < 1.29 is 48.9 Å². The molecule has 35 heavy (non-hydrogen) atoms. The maximum Gasteiger partial charge on any atom is 0.326 e. The van der Waals surface area contributed by atoms with Gasteiger partial charge in [0, 0.05) is 12.8 Å².